The lowest BCUT2D eigenvalue weighted by Gasteiger charge is -2.09. The SMILES string of the molecule is CCC(C)c1ccncc1O. The van der Waals surface area contributed by atoms with Gasteiger partial charge in [0.2, 0.25) is 0 Å². The molecule has 0 aromatic carbocycles. The molecule has 0 spiro atoms. The highest BCUT2D eigenvalue weighted by Gasteiger charge is 2.06. The number of aromatic nitrogens is 1. The van der Waals surface area contributed by atoms with Crippen LogP contribution in [-0.4, -0.2) is 10.1 Å². The second-order valence-electron chi connectivity index (χ2n) is 2.74. The van der Waals surface area contributed by atoms with Gasteiger partial charge in [-0.25, -0.2) is 0 Å². The number of nitrogens with zero attached hydrogens (tertiary/aromatic N) is 1. The Morgan fingerprint density at radius 2 is 2.36 bits per heavy atom. The molecule has 0 aliphatic carbocycles. The molecule has 1 aromatic rings. The minimum Gasteiger partial charge on any atom is -0.506 e. The fourth-order valence-corrected chi connectivity index (χ4v) is 1.03. The molecule has 1 atom stereocenters. The van der Waals surface area contributed by atoms with E-state index in [1.165, 1.54) is 6.20 Å². The van der Waals surface area contributed by atoms with Crippen molar-refractivity contribution in [1.82, 2.24) is 4.98 Å². The molecule has 11 heavy (non-hydrogen) atoms. The summed E-state index contributed by atoms with van der Waals surface area (Å²) in [4.78, 5) is 3.81. The minimum absolute atomic E-state index is 0.307. The number of hydrogen-bond acceptors (Lipinski definition) is 2. The second kappa shape index (κ2) is 3.37. The Kier molecular flexibility index (Phi) is 2.47. The topological polar surface area (TPSA) is 33.1 Å². The Labute approximate surface area is 66.9 Å². The zero-order valence-electron chi connectivity index (χ0n) is 6.91. The van der Waals surface area contributed by atoms with Crippen LogP contribution >= 0.6 is 0 Å². The Morgan fingerprint density at radius 3 is 2.91 bits per heavy atom. The largest absolute Gasteiger partial charge is 0.506 e. The molecule has 60 valence electrons. The highest BCUT2D eigenvalue weighted by molar-refractivity contribution is 5.30. The average Bonchev–Trinajstić information content (AvgIpc) is 2.04. The third-order valence-electron chi connectivity index (χ3n) is 1.98. The highest BCUT2D eigenvalue weighted by Crippen LogP contribution is 2.25. The van der Waals surface area contributed by atoms with E-state index in [-0.39, 0.29) is 0 Å². The predicted octanol–water partition coefficient (Wildman–Crippen LogP) is 2.30. The molecule has 1 unspecified atom stereocenters. The van der Waals surface area contributed by atoms with Crippen molar-refractivity contribution in [1.29, 1.82) is 0 Å². The molecule has 2 nitrogen and oxygen atoms in total. The van der Waals surface area contributed by atoms with E-state index in [9.17, 15) is 5.11 Å². The van der Waals surface area contributed by atoms with Crippen LogP contribution in [0, 0.1) is 0 Å². The summed E-state index contributed by atoms with van der Waals surface area (Å²) < 4.78 is 0. The summed E-state index contributed by atoms with van der Waals surface area (Å²) in [6.45, 7) is 4.19. The summed E-state index contributed by atoms with van der Waals surface area (Å²) in [7, 11) is 0. The van der Waals surface area contributed by atoms with Crippen molar-refractivity contribution in [2.75, 3.05) is 0 Å². The average molecular weight is 151 g/mol. The van der Waals surface area contributed by atoms with Crippen molar-refractivity contribution < 1.29 is 5.11 Å². The maximum absolute atomic E-state index is 9.35. The molecule has 2 heteroatoms. The molecular weight excluding hydrogens is 138 g/mol. The van der Waals surface area contributed by atoms with Gasteiger partial charge in [0.25, 0.3) is 0 Å². The van der Waals surface area contributed by atoms with E-state index in [0.29, 0.717) is 11.7 Å². The maximum atomic E-state index is 9.35. The third kappa shape index (κ3) is 1.70. The molecule has 0 radical (unpaired) electrons. The summed E-state index contributed by atoms with van der Waals surface area (Å²) in [6, 6.07) is 1.86. The van der Waals surface area contributed by atoms with Crippen molar-refractivity contribution in [2.45, 2.75) is 26.2 Å². The van der Waals surface area contributed by atoms with Gasteiger partial charge in [0.05, 0.1) is 6.20 Å². The van der Waals surface area contributed by atoms with Crippen LogP contribution in [0.1, 0.15) is 31.7 Å². The molecule has 1 N–H and O–H groups in total. The van der Waals surface area contributed by atoms with Gasteiger partial charge in [-0.1, -0.05) is 13.8 Å². The van der Waals surface area contributed by atoms with Crippen molar-refractivity contribution in [3.63, 3.8) is 0 Å². The van der Waals surface area contributed by atoms with Gasteiger partial charge in [-0.05, 0) is 24.0 Å². The van der Waals surface area contributed by atoms with Crippen LogP contribution in [0.2, 0.25) is 0 Å². The summed E-state index contributed by atoms with van der Waals surface area (Å²) in [5.41, 5.74) is 0.988. The summed E-state index contributed by atoms with van der Waals surface area (Å²) >= 11 is 0. The van der Waals surface area contributed by atoms with Crippen molar-refractivity contribution in [3.05, 3.63) is 24.0 Å². The van der Waals surface area contributed by atoms with Crippen LogP contribution in [0.3, 0.4) is 0 Å². The lowest BCUT2D eigenvalue weighted by molar-refractivity contribution is 0.459. The van der Waals surface area contributed by atoms with E-state index >= 15 is 0 Å². The van der Waals surface area contributed by atoms with Gasteiger partial charge in [0.1, 0.15) is 5.75 Å². The first-order valence-corrected chi connectivity index (χ1v) is 3.88. The van der Waals surface area contributed by atoms with Gasteiger partial charge in [-0.2, -0.15) is 0 Å². The van der Waals surface area contributed by atoms with Crippen LogP contribution in [-0.2, 0) is 0 Å². The zero-order valence-corrected chi connectivity index (χ0v) is 6.91. The molecule has 0 fully saturated rings. The predicted molar refractivity (Wildman–Crippen MR) is 44.6 cm³/mol. The highest BCUT2D eigenvalue weighted by atomic mass is 16.3. The standard InChI is InChI=1S/C9H13NO/c1-3-7(2)8-4-5-10-6-9(8)11/h4-7,11H,3H2,1-2H3. The van der Waals surface area contributed by atoms with Crippen LogP contribution < -0.4 is 0 Å². The van der Waals surface area contributed by atoms with Gasteiger partial charge >= 0.3 is 0 Å². The first-order valence-electron chi connectivity index (χ1n) is 3.88. The van der Waals surface area contributed by atoms with E-state index in [1.807, 2.05) is 6.07 Å². The van der Waals surface area contributed by atoms with Crippen LogP contribution in [0.15, 0.2) is 18.5 Å². The molecule has 0 saturated heterocycles. The van der Waals surface area contributed by atoms with Crippen molar-refractivity contribution >= 4 is 0 Å². The molecule has 1 rings (SSSR count). The van der Waals surface area contributed by atoms with Gasteiger partial charge in [-0.15, -0.1) is 0 Å². The molecule has 0 aliphatic heterocycles. The second-order valence-corrected chi connectivity index (χ2v) is 2.74. The Morgan fingerprint density at radius 1 is 1.64 bits per heavy atom. The van der Waals surface area contributed by atoms with E-state index in [4.69, 9.17) is 0 Å². The van der Waals surface area contributed by atoms with Crippen molar-refractivity contribution in [2.24, 2.45) is 0 Å². The van der Waals surface area contributed by atoms with E-state index in [2.05, 4.69) is 18.8 Å². The smallest absolute Gasteiger partial charge is 0.137 e. The molecule has 1 aromatic heterocycles. The maximum Gasteiger partial charge on any atom is 0.137 e. The first-order chi connectivity index (χ1) is 5.25. The molecule has 0 aliphatic rings. The molecule has 0 saturated carbocycles. The zero-order chi connectivity index (χ0) is 8.27. The number of pyridine rings is 1. The normalized spacial score (nSPS) is 12.9. The van der Waals surface area contributed by atoms with E-state index in [1.54, 1.807) is 6.20 Å². The lowest BCUT2D eigenvalue weighted by atomic mass is 9.99. The first kappa shape index (κ1) is 8.05. The lowest BCUT2D eigenvalue weighted by Crippen LogP contribution is -1.91. The third-order valence-corrected chi connectivity index (χ3v) is 1.98. The van der Waals surface area contributed by atoms with Gasteiger partial charge < -0.3 is 5.11 Å². The van der Waals surface area contributed by atoms with Crippen LogP contribution in [0.4, 0.5) is 0 Å². The minimum atomic E-state index is 0.307. The summed E-state index contributed by atoms with van der Waals surface area (Å²) in [6.07, 6.45) is 4.24. The molecule has 0 bridgehead atoms. The Bertz CT molecular complexity index is 235. The van der Waals surface area contributed by atoms with Crippen LogP contribution in [0.5, 0.6) is 5.75 Å². The number of aromatic hydroxyl groups is 1. The fraction of sp³-hybridized carbons (Fsp3) is 0.444. The Balaban J connectivity index is 2.93. The Hall–Kier alpha value is -1.05. The molecule has 0 amide bonds. The van der Waals surface area contributed by atoms with Gasteiger partial charge in [0.15, 0.2) is 0 Å². The van der Waals surface area contributed by atoms with E-state index in [0.717, 1.165) is 12.0 Å². The van der Waals surface area contributed by atoms with Gasteiger partial charge in [0, 0.05) is 6.20 Å². The summed E-state index contributed by atoms with van der Waals surface area (Å²) in [5, 5.41) is 9.35. The quantitative estimate of drug-likeness (QED) is 0.703. The van der Waals surface area contributed by atoms with Gasteiger partial charge in [-0.3, -0.25) is 4.98 Å². The number of hydrogen-bond donors (Lipinski definition) is 1. The number of rotatable bonds is 2. The fourth-order valence-electron chi connectivity index (χ4n) is 1.03. The monoisotopic (exact) mass is 151 g/mol. The molecule has 1 heterocycles. The van der Waals surface area contributed by atoms with Crippen LogP contribution in [0.25, 0.3) is 0 Å². The van der Waals surface area contributed by atoms with Crippen molar-refractivity contribution in [3.8, 4) is 5.75 Å². The molecular formula is C9H13NO. The summed E-state index contributed by atoms with van der Waals surface area (Å²) in [5.74, 6) is 0.722. The van der Waals surface area contributed by atoms with E-state index < -0.39 is 0 Å².